The van der Waals surface area contributed by atoms with E-state index in [9.17, 15) is 4.79 Å². The number of amides is 1. The van der Waals surface area contributed by atoms with Gasteiger partial charge in [0.15, 0.2) is 5.76 Å². The Morgan fingerprint density at radius 2 is 1.89 bits per heavy atom. The van der Waals surface area contributed by atoms with Gasteiger partial charge >= 0.3 is 0 Å². The highest BCUT2D eigenvalue weighted by atomic mass is 16.3. The van der Waals surface area contributed by atoms with Crippen LogP contribution in [0, 0.1) is 6.92 Å². The molecule has 94 valence electrons. The summed E-state index contributed by atoms with van der Waals surface area (Å²) in [5.41, 5.74) is 1.98. The van der Waals surface area contributed by atoms with Gasteiger partial charge in [0, 0.05) is 12.6 Å². The van der Waals surface area contributed by atoms with Gasteiger partial charge in [0.25, 0.3) is 5.91 Å². The van der Waals surface area contributed by atoms with Crippen molar-refractivity contribution in [3.05, 3.63) is 59.5 Å². The predicted molar refractivity (Wildman–Crippen MR) is 70.4 cm³/mol. The summed E-state index contributed by atoms with van der Waals surface area (Å²) in [6, 6.07) is 11.8. The fourth-order valence-corrected chi connectivity index (χ4v) is 1.88. The summed E-state index contributed by atoms with van der Waals surface area (Å²) in [6.07, 6.45) is 1.55. The second-order valence-electron chi connectivity index (χ2n) is 4.44. The van der Waals surface area contributed by atoms with Gasteiger partial charge in [0.1, 0.15) is 0 Å². The molecule has 0 aliphatic carbocycles. The Kier molecular flexibility index (Phi) is 3.51. The summed E-state index contributed by atoms with van der Waals surface area (Å²) < 4.78 is 5.24. The summed E-state index contributed by atoms with van der Waals surface area (Å²) in [7, 11) is 1.79. The molecule has 0 N–H and O–H groups in total. The van der Waals surface area contributed by atoms with Crippen molar-refractivity contribution in [2.24, 2.45) is 0 Å². The summed E-state index contributed by atoms with van der Waals surface area (Å²) in [6.45, 7) is 3.88. The summed E-state index contributed by atoms with van der Waals surface area (Å²) in [5.74, 6) is 0.328. The molecule has 0 saturated carbocycles. The van der Waals surface area contributed by atoms with E-state index in [1.165, 1.54) is 0 Å². The van der Waals surface area contributed by atoms with Crippen molar-refractivity contribution in [2.45, 2.75) is 19.9 Å². The molecule has 0 saturated heterocycles. The second kappa shape index (κ2) is 5.08. The van der Waals surface area contributed by atoms with Crippen LogP contribution in [0.15, 0.2) is 47.1 Å². The normalized spacial score (nSPS) is 12.2. The fourth-order valence-electron chi connectivity index (χ4n) is 1.88. The highest BCUT2D eigenvalue weighted by molar-refractivity contribution is 5.92. The van der Waals surface area contributed by atoms with Crippen LogP contribution in [0.2, 0.25) is 0 Å². The molecule has 3 heteroatoms. The molecule has 1 aromatic heterocycles. The number of rotatable bonds is 3. The minimum absolute atomic E-state index is 0.0169. The van der Waals surface area contributed by atoms with Gasteiger partial charge in [-0.2, -0.15) is 0 Å². The zero-order chi connectivity index (χ0) is 13.1. The van der Waals surface area contributed by atoms with Gasteiger partial charge in [0.2, 0.25) is 0 Å². The number of aryl methyl sites for hydroxylation is 1. The zero-order valence-corrected chi connectivity index (χ0v) is 10.9. The molecular formula is C15H17NO2. The van der Waals surface area contributed by atoms with Crippen LogP contribution in [0.1, 0.15) is 34.6 Å². The Morgan fingerprint density at radius 3 is 2.44 bits per heavy atom. The molecule has 0 radical (unpaired) electrons. The average molecular weight is 243 g/mol. The maximum absolute atomic E-state index is 12.3. The summed E-state index contributed by atoms with van der Waals surface area (Å²) in [5, 5.41) is 0. The van der Waals surface area contributed by atoms with E-state index in [0.29, 0.717) is 5.76 Å². The lowest BCUT2D eigenvalue weighted by Crippen LogP contribution is -2.29. The number of nitrogens with zero attached hydrogens (tertiary/aromatic N) is 1. The predicted octanol–water partition coefficient (Wildman–Crippen LogP) is 3.42. The van der Waals surface area contributed by atoms with Crippen molar-refractivity contribution >= 4 is 5.91 Å². The van der Waals surface area contributed by atoms with Gasteiger partial charge in [-0.15, -0.1) is 0 Å². The first-order valence-corrected chi connectivity index (χ1v) is 5.97. The van der Waals surface area contributed by atoms with Crippen molar-refractivity contribution in [1.82, 2.24) is 4.90 Å². The number of carbonyl (C=O) groups excluding carboxylic acids is 1. The van der Waals surface area contributed by atoms with Crippen LogP contribution >= 0.6 is 0 Å². The van der Waals surface area contributed by atoms with E-state index in [2.05, 4.69) is 0 Å². The molecule has 1 heterocycles. The first-order valence-electron chi connectivity index (χ1n) is 5.97. The van der Waals surface area contributed by atoms with E-state index in [1.807, 2.05) is 44.2 Å². The van der Waals surface area contributed by atoms with Crippen LogP contribution in [0.4, 0.5) is 0 Å². The summed E-state index contributed by atoms with van der Waals surface area (Å²) >= 11 is 0. The highest BCUT2D eigenvalue weighted by Crippen LogP contribution is 2.21. The van der Waals surface area contributed by atoms with E-state index in [0.717, 1.165) is 11.1 Å². The monoisotopic (exact) mass is 243 g/mol. The third-order valence-corrected chi connectivity index (χ3v) is 3.24. The lowest BCUT2D eigenvalue weighted by Gasteiger charge is -2.24. The number of hydrogen-bond acceptors (Lipinski definition) is 2. The van der Waals surface area contributed by atoms with Crippen LogP contribution in [-0.4, -0.2) is 17.9 Å². The molecule has 1 atom stereocenters. The smallest absolute Gasteiger partial charge is 0.290 e. The minimum atomic E-state index is -0.0890. The quantitative estimate of drug-likeness (QED) is 0.827. The largest absolute Gasteiger partial charge is 0.459 e. The maximum atomic E-state index is 12.3. The topological polar surface area (TPSA) is 33.5 Å². The van der Waals surface area contributed by atoms with Crippen molar-refractivity contribution in [2.75, 3.05) is 7.05 Å². The molecule has 3 nitrogen and oxygen atoms in total. The molecular weight excluding hydrogens is 226 g/mol. The molecule has 1 aromatic carbocycles. The molecule has 18 heavy (non-hydrogen) atoms. The molecule has 2 aromatic rings. The van der Waals surface area contributed by atoms with Crippen molar-refractivity contribution in [1.29, 1.82) is 0 Å². The van der Waals surface area contributed by atoms with Crippen LogP contribution in [0.5, 0.6) is 0 Å². The zero-order valence-electron chi connectivity index (χ0n) is 10.9. The molecule has 0 aliphatic heterocycles. The first-order chi connectivity index (χ1) is 8.61. The molecule has 2 rings (SSSR count). The van der Waals surface area contributed by atoms with Crippen molar-refractivity contribution in [3.63, 3.8) is 0 Å². The Labute approximate surface area is 107 Å². The molecule has 1 unspecified atom stereocenters. The highest BCUT2D eigenvalue weighted by Gasteiger charge is 2.22. The molecule has 0 spiro atoms. The second-order valence-corrected chi connectivity index (χ2v) is 4.44. The number of furan rings is 1. The third kappa shape index (κ3) is 2.30. The Bertz CT molecular complexity index is 530. The molecule has 1 amide bonds. The molecule has 0 aliphatic rings. The van der Waals surface area contributed by atoms with Crippen LogP contribution in [-0.2, 0) is 0 Å². The van der Waals surface area contributed by atoms with Crippen molar-refractivity contribution in [3.8, 4) is 0 Å². The van der Waals surface area contributed by atoms with Gasteiger partial charge in [-0.05, 0) is 25.5 Å². The van der Waals surface area contributed by atoms with E-state index in [1.54, 1.807) is 24.3 Å². The van der Waals surface area contributed by atoms with Gasteiger partial charge in [-0.3, -0.25) is 4.79 Å². The minimum Gasteiger partial charge on any atom is -0.459 e. The summed E-state index contributed by atoms with van der Waals surface area (Å²) in [4.78, 5) is 14.0. The van der Waals surface area contributed by atoms with Gasteiger partial charge in [-0.25, -0.2) is 0 Å². The number of benzene rings is 1. The van der Waals surface area contributed by atoms with Gasteiger partial charge < -0.3 is 9.32 Å². The SMILES string of the molecule is Cc1ccoc1C(=O)N(C)C(C)c1ccccc1. The lowest BCUT2D eigenvalue weighted by atomic mass is 10.1. The first kappa shape index (κ1) is 12.4. The molecule has 0 bridgehead atoms. The van der Waals surface area contributed by atoms with E-state index in [4.69, 9.17) is 4.42 Å². The lowest BCUT2D eigenvalue weighted by molar-refractivity contribution is 0.0709. The van der Waals surface area contributed by atoms with E-state index in [-0.39, 0.29) is 11.9 Å². The Morgan fingerprint density at radius 1 is 1.22 bits per heavy atom. The Hall–Kier alpha value is -2.03. The van der Waals surface area contributed by atoms with Crippen LogP contribution in [0.25, 0.3) is 0 Å². The van der Waals surface area contributed by atoms with Gasteiger partial charge in [-0.1, -0.05) is 30.3 Å². The van der Waals surface area contributed by atoms with Crippen LogP contribution < -0.4 is 0 Å². The van der Waals surface area contributed by atoms with Crippen LogP contribution in [0.3, 0.4) is 0 Å². The fraction of sp³-hybridized carbons (Fsp3) is 0.267. The molecule has 0 fully saturated rings. The maximum Gasteiger partial charge on any atom is 0.290 e. The van der Waals surface area contributed by atoms with Gasteiger partial charge in [0.05, 0.1) is 12.3 Å². The van der Waals surface area contributed by atoms with E-state index >= 15 is 0 Å². The number of hydrogen-bond donors (Lipinski definition) is 0. The standard InChI is InChI=1S/C15H17NO2/c1-11-9-10-18-14(11)15(17)16(3)12(2)13-7-5-4-6-8-13/h4-10,12H,1-3H3. The number of carbonyl (C=O) groups is 1. The van der Waals surface area contributed by atoms with Crippen molar-refractivity contribution < 1.29 is 9.21 Å². The van der Waals surface area contributed by atoms with E-state index < -0.39 is 0 Å². The average Bonchev–Trinajstić information content (AvgIpc) is 2.83. The third-order valence-electron chi connectivity index (χ3n) is 3.24. The Balaban J connectivity index is 2.20.